The molecule has 2 aromatic heterocycles. The van der Waals surface area contributed by atoms with Crippen molar-refractivity contribution in [2.24, 2.45) is 0 Å². The van der Waals surface area contributed by atoms with Gasteiger partial charge in [-0.2, -0.15) is 0 Å². The number of aliphatic hydroxyl groups excluding tert-OH is 1. The number of hydrogen-bond donors (Lipinski definition) is 2. The van der Waals surface area contributed by atoms with Gasteiger partial charge in [0.25, 0.3) is 0 Å². The smallest absolute Gasteiger partial charge is 0.406 e. The average molecular weight is 511 g/mol. The van der Waals surface area contributed by atoms with Crippen molar-refractivity contribution in [3.8, 4) is 5.75 Å². The molecule has 6 nitrogen and oxygen atoms in total. The van der Waals surface area contributed by atoms with Crippen LogP contribution in [0.3, 0.4) is 0 Å². The van der Waals surface area contributed by atoms with E-state index in [1.165, 1.54) is 0 Å². The third-order valence-corrected chi connectivity index (χ3v) is 8.58. The lowest BCUT2D eigenvalue weighted by molar-refractivity contribution is -0.274. The summed E-state index contributed by atoms with van der Waals surface area (Å²) in [6.45, 7) is 0. The Bertz CT molecular complexity index is 1430. The molecule has 2 aromatic carbocycles. The standard InChI is InChI=1S/C23H21F3N2O4S2/c24-23(25,26)32-14-8-10-15(11-9-14)34(30,31)27-17-5-3-7-19(21(17)29)28-18-6-2-1-4-16(18)22-20(28)12-13-33-22/h1-2,4,6,8-13,17,19,21,27,29H,3,5,7H2/t17?,19?,21-/m1/s1. The molecule has 2 N–H and O–H groups in total. The molecule has 34 heavy (non-hydrogen) atoms. The number of alkyl halides is 3. The number of halogens is 3. The van der Waals surface area contributed by atoms with Crippen molar-refractivity contribution in [1.82, 2.24) is 9.29 Å². The number of aromatic nitrogens is 1. The van der Waals surface area contributed by atoms with Gasteiger partial charge in [-0.3, -0.25) is 0 Å². The number of para-hydroxylation sites is 1. The molecule has 0 saturated heterocycles. The Hall–Kier alpha value is -2.60. The van der Waals surface area contributed by atoms with E-state index in [0.717, 1.165) is 45.4 Å². The van der Waals surface area contributed by atoms with E-state index in [1.54, 1.807) is 11.3 Å². The zero-order valence-electron chi connectivity index (χ0n) is 17.7. The summed E-state index contributed by atoms with van der Waals surface area (Å²) < 4.78 is 72.5. The number of fused-ring (bicyclic) bond motifs is 3. The van der Waals surface area contributed by atoms with E-state index in [1.807, 2.05) is 35.7 Å². The Morgan fingerprint density at radius 1 is 1.03 bits per heavy atom. The zero-order chi connectivity index (χ0) is 24.1. The van der Waals surface area contributed by atoms with E-state index < -0.39 is 34.3 Å². The van der Waals surface area contributed by atoms with Crippen molar-refractivity contribution in [2.45, 2.75) is 48.7 Å². The van der Waals surface area contributed by atoms with E-state index >= 15 is 0 Å². The van der Waals surface area contributed by atoms with Gasteiger partial charge in [-0.25, -0.2) is 13.1 Å². The molecule has 180 valence electrons. The summed E-state index contributed by atoms with van der Waals surface area (Å²) in [6.07, 6.45) is -4.03. The van der Waals surface area contributed by atoms with Gasteiger partial charge >= 0.3 is 6.36 Å². The van der Waals surface area contributed by atoms with Gasteiger partial charge in [0.05, 0.1) is 38.8 Å². The van der Waals surface area contributed by atoms with Crippen molar-refractivity contribution in [1.29, 1.82) is 0 Å². The minimum atomic E-state index is -4.86. The van der Waals surface area contributed by atoms with Crippen molar-refractivity contribution in [2.75, 3.05) is 0 Å². The highest BCUT2D eigenvalue weighted by Crippen LogP contribution is 2.40. The Labute approximate surface area is 197 Å². The molecule has 2 heterocycles. The first-order valence-corrected chi connectivity index (χ1v) is 13.0. The van der Waals surface area contributed by atoms with E-state index in [-0.39, 0.29) is 10.9 Å². The number of sulfonamides is 1. The summed E-state index contributed by atoms with van der Waals surface area (Å²) in [5.74, 6) is -0.511. The molecule has 5 rings (SSSR count). The molecule has 11 heteroatoms. The quantitative estimate of drug-likeness (QED) is 0.387. The van der Waals surface area contributed by atoms with E-state index in [2.05, 4.69) is 14.0 Å². The number of aliphatic hydroxyl groups is 1. The second kappa shape index (κ2) is 8.56. The lowest BCUT2D eigenvalue weighted by atomic mass is 9.88. The number of benzene rings is 2. The van der Waals surface area contributed by atoms with Crippen LogP contribution in [0.4, 0.5) is 13.2 Å². The average Bonchev–Trinajstić information content (AvgIpc) is 3.36. The number of thiophene rings is 1. The lowest BCUT2D eigenvalue weighted by Gasteiger charge is -2.36. The normalized spacial score (nSPS) is 21.8. The van der Waals surface area contributed by atoms with Crippen LogP contribution >= 0.6 is 11.3 Å². The van der Waals surface area contributed by atoms with Gasteiger partial charge < -0.3 is 14.4 Å². The predicted octanol–water partition coefficient (Wildman–Crippen LogP) is 5.19. The molecule has 4 aromatic rings. The molecule has 0 radical (unpaired) electrons. The van der Waals surface area contributed by atoms with Crippen LogP contribution in [0.15, 0.2) is 64.9 Å². The van der Waals surface area contributed by atoms with Crippen molar-refractivity contribution < 1.29 is 31.4 Å². The van der Waals surface area contributed by atoms with Gasteiger partial charge in [0.15, 0.2) is 0 Å². The minimum Gasteiger partial charge on any atom is -0.406 e. The molecule has 0 aliphatic heterocycles. The number of nitrogens with zero attached hydrogens (tertiary/aromatic N) is 1. The highest BCUT2D eigenvalue weighted by molar-refractivity contribution is 7.89. The van der Waals surface area contributed by atoms with Crippen molar-refractivity contribution in [3.05, 3.63) is 60.0 Å². The van der Waals surface area contributed by atoms with Crippen LogP contribution in [0.2, 0.25) is 0 Å². The molecule has 1 saturated carbocycles. The van der Waals surface area contributed by atoms with Gasteiger partial charge in [0, 0.05) is 5.39 Å². The molecular formula is C23H21F3N2O4S2. The van der Waals surface area contributed by atoms with Crippen LogP contribution in [0.1, 0.15) is 25.3 Å². The fourth-order valence-electron chi connectivity index (χ4n) is 4.71. The molecular weight excluding hydrogens is 489 g/mol. The molecule has 2 unspecified atom stereocenters. The first-order valence-electron chi connectivity index (χ1n) is 10.7. The van der Waals surface area contributed by atoms with E-state index in [4.69, 9.17) is 0 Å². The number of nitrogens with one attached hydrogen (secondary N) is 1. The molecule has 0 amide bonds. The SMILES string of the molecule is O=S(=O)(NC1CCCC(n2c3ccccc3c3sccc32)[C@@H]1O)c1ccc(OC(F)(F)F)cc1. The monoisotopic (exact) mass is 510 g/mol. The number of hydrogen-bond acceptors (Lipinski definition) is 5. The van der Waals surface area contributed by atoms with Crippen molar-refractivity contribution in [3.63, 3.8) is 0 Å². The van der Waals surface area contributed by atoms with Crippen LogP contribution in [0.25, 0.3) is 21.1 Å². The third-order valence-electron chi connectivity index (χ3n) is 6.14. The largest absolute Gasteiger partial charge is 0.573 e. The minimum absolute atomic E-state index is 0.206. The van der Waals surface area contributed by atoms with Crippen LogP contribution in [0.5, 0.6) is 5.75 Å². The summed E-state index contributed by atoms with van der Waals surface area (Å²) in [7, 11) is -4.07. The summed E-state index contributed by atoms with van der Waals surface area (Å²) in [4.78, 5) is -0.206. The molecule has 1 aliphatic rings. The molecule has 1 fully saturated rings. The lowest BCUT2D eigenvalue weighted by Crippen LogP contribution is -2.49. The first kappa shape index (κ1) is 23.2. The van der Waals surface area contributed by atoms with Crippen LogP contribution < -0.4 is 9.46 Å². The van der Waals surface area contributed by atoms with Gasteiger partial charge in [0.2, 0.25) is 10.0 Å². The summed E-state index contributed by atoms with van der Waals surface area (Å²) in [5, 5.41) is 14.3. The Morgan fingerprint density at radius 2 is 1.76 bits per heavy atom. The highest BCUT2D eigenvalue weighted by atomic mass is 32.2. The third kappa shape index (κ3) is 4.28. The molecule has 3 atom stereocenters. The second-order valence-corrected chi connectivity index (χ2v) is 10.9. The highest BCUT2D eigenvalue weighted by Gasteiger charge is 2.37. The van der Waals surface area contributed by atoms with Gasteiger partial charge in [0.1, 0.15) is 5.75 Å². The fraction of sp³-hybridized carbons (Fsp3) is 0.304. The van der Waals surface area contributed by atoms with E-state index in [9.17, 15) is 26.7 Å². The first-order chi connectivity index (χ1) is 16.1. The predicted molar refractivity (Wildman–Crippen MR) is 123 cm³/mol. The zero-order valence-corrected chi connectivity index (χ0v) is 19.3. The van der Waals surface area contributed by atoms with Crippen LogP contribution in [0, 0.1) is 0 Å². The maximum atomic E-state index is 12.9. The summed E-state index contributed by atoms with van der Waals surface area (Å²) in [5.41, 5.74) is 1.98. The van der Waals surface area contributed by atoms with Gasteiger partial charge in [-0.05, 0) is 61.0 Å². The maximum Gasteiger partial charge on any atom is 0.573 e. The molecule has 1 aliphatic carbocycles. The summed E-state index contributed by atoms with van der Waals surface area (Å²) >= 11 is 1.62. The van der Waals surface area contributed by atoms with Crippen molar-refractivity contribution >= 4 is 42.5 Å². The topological polar surface area (TPSA) is 80.6 Å². The van der Waals surface area contributed by atoms with Crippen LogP contribution in [-0.2, 0) is 10.0 Å². The Balaban J connectivity index is 1.41. The Kier molecular flexibility index (Phi) is 5.83. The number of ether oxygens (including phenoxy) is 1. The second-order valence-electron chi connectivity index (χ2n) is 8.26. The van der Waals surface area contributed by atoms with E-state index in [0.29, 0.717) is 19.3 Å². The number of rotatable bonds is 5. The maximum absolute atomic E-state index is 12.9. The van der Waals surface area contributed by atoms with Gasteiger partial charge in [-0.15, -0.1) is 24.5 Å². The molecule has 0 bridgehead atoms. The molecule has 0 spiro atoms. The fourth-order valence-corrected chi connectivity index (χ4v) is 6.92. The van der Waals surface area contributed by atoms with Crippen LogP contribution in [-0.4, -0.2) is 36.6 Å². The summed E-state index contributed by atoms with van der Waals surface area (Å²) in [6, 6.07) is 12.8. The van der Waals surface area contributed by atoms with Gasteiger partial charge in [-0.1, -0.05) is 18.2 Å². The Morgan fingerprint density at radius 3 is 2.50 bits per heavy atom.